The zero-order valence-corrected chi connectivity index (χ0v) is 9.20. The molecule has 2 rings (SSSR count). The average molecular weight is 208 g/mol. The molecule has 0 amide bonds. The van der Waals surface area contributed by atoms with E-state index in [1.165, 1.54) is 6.07 Å². The number of rotatable bonds is 3. The van der Waals surface area contributed by atoms with Gasteiger partial charge in [-0.1, -0.05) is 32.0 Å². The predicted molar refractivity (Wildman–Crippen MR) is 58.0 cm³/mol. The Morgan fingerprint density at radius 3 is 2.60 bits per heavy atom. The van der Waals surface area contributed by atoms with E-state index in [4.69, 9.17) is 0 Å². The highest BCUT2D eigenvalue weighted by Crippen LogP contribution is 2.54. The largest absolute Gasteiger partial charge is 0.392 e. The van der Waals surface area contributed by atoms with Gasteiger partial charge in [0.15, 0.2) is 0 Å². The van der Waals surface area contributed by atoms with Gasteiger partial charge in [-0.15, -0.1) is 0 Å². The molecule has 0 bridgehead atoms. The molecule has 1 nitrogen and oxygen atoms in total. The van der Waals surface area contributed by atoms with E-state index >= 15 is 0 Å². The summed E-state index contributed by atoms with van der Waals surface area (Å²) < 4.78 is 13.3. The monoisotopic (exact) mass is 208 g/mol. The predicted octanol–water partition coefficient (Wildman–Crippen LogP) is 2.78. The van der Waals surface area contributed by atoms with E-state index in [1.807, 2.05) is 6.07 Å². The van der Waals surface area contributed by atoms with Crippen LogP contribution in [0.2, 0.25) is 0 Å². The van der Waals surface area contributed by atoms with Crippen LogP contribution in [0.1, 0.15) is 25.8 Å². The fourth-order valence-electron chi connectivity index (χ4n) is 2.20. The molecule has 82 valence electrons. The topological polar surface area (TPSA) is 20.2 Å². The number of aliphatic hydroxyl groups is 1. The van der Waals surface area contributed by atoms with Crippen molar-refractivity contribution >= 4 is 0 Å². The number of aliphatic hydroxyl groups excluding tert-OH is 1. The molecule has 1 saturated carbocycles. The van der Waals surface area contributed by atoms with Crippen LogP contribution in [0.4, 0.5) is 4.39 Å². The van der Waals surface area contributed by atoms with Crippen LogP contribution in [-0.2, 0) is 6.42 Å². The molecule has 0 spiro atoms. The number of hydrogen-bond donors (Lipinski definition) is 1. The summed E-state index contributed by atoms with van der Waals surface area (Å²) in [5, 5.41) is 9.94. The van der Waals surface area contributed by atoms with Gasteiger partial charge in [-0.25, -0.2) is 4.39 Å². The summed E-state index contributed by atoms with van der Waals surface area (Å²) in [4.78, 5) is 0. The van der Waals surface area contributed by atoms with E-state index in [1.54, 1.807) is 12.1 Å². The van der Waals surface area contributed by atoms with Gasteiger partial charge in [0.1, 0.15) is 5.82 Å². The van der Waals surface area contributed by atoms with Gasteiger partial charge in [0.2, 0.25) is 0 Å². The van der Waals surface area contributed by atoms with Crippen molar-refractivity contribution in [2.45, 2.75) is 32.8 Å². The molecule has 1 aromatic carbocycles. The molecule has 1 aliphatic carbocycles. The lowest BCUT2D eigenvalue weighted by Crippen LogP contribution is -2.16. The van der Waals surface area contributed by atoms with Crippen molar-refractivity contribution in [3.63, 3.8) is 0 Å². The molecule has 1 fully saturated rings. The van der Waals surface area contributed by atoms with Crippen LogP contribution in [0.15, 0.2) is 24.3 Å². The minimum atomic E-state index is -0.406. The molecular formula is C13H17FO. The molecule has 1 N–H and O–H groups in total. The quantitative estimate of drug-likeness (QED) is 0.809. The molecule has 2 heteroatoms. The molecule has 15 heavy (non-hydrogen) atoms. The van der Waals surface area contributed by atoms with Crippen LogP contribution >= 0.6 is 0 Å². The van der Waals surface area contributed by atoms with Crippen LogP contribution in [0.3, 0.4) is 0 Å². The highest BCUT2D eigenvalue weighted by Gasteiger charge is 2.49. The summed E-state index contributed by atoms with van der Waals surface area (Å²) in [6.45, 7) is 4.28. The average Bonchev–Trinajstić information content (AvgIpc) is 2.79. The van der Waals surface area contributed by atoms with Gasteiger partial charge in [-0.2, -0.15) is 0 Å². The lowest BCUT2D eigenvalue weighted by molar-refractivity contribution is 0.136. The minimum absolute atomic E-state index is 0.213. The van der Waals surface area contributed by atoms with Gasteiger partial charge < -0.3 is 5.11 Å². The molecule has 2 unspecified atom stereocenters. The zero-order valence-electron chi connectivity index (χ0n) is 9.20. The Kier molecular flexibility index (Phi) is 2.55. The lowest BCUT2D eigenvalue weighted by atomic mass is 9.99. The molecule has 1 aromatic rings. The Morgan fingerprint density at radius 1 is 1.47 bits per heavy atom. The minimum Gasteiger partial charge on any atom is -0.392 e. The van der Waals surface area contributed by atoms with Gasteiger partial charge in [-0.05, 0) is 29.4 Å². The van der Waals surface area contributed by atoms with E-state index in [9.17, 15) is 9.50 Å². The van der Waals surface area contributed by atoms with Gasteiger partial charge in [0.05, 0.1) is 6.10 Å². The first-order chi connectivity index (χ1) is 7.00. The molecule has 1 aliphatic rings. The third-order valence-electron chi connectivity index (χ3n) is 3.44. The van der Waals surface area contributed by atoms with E-state index < -0.39 is 6.10 Å². The third kappa shape index (κ3) is 2.20. The molecule has 2 atom stereocenters. The first kappa shape index (κ1) is 10.6. The molecule has 0 aliphatic heterocycles. The van der Waals surface area contributed by atoms with E-state index in [0.29, 0.717) is 17.9 Å². The third-order valence-corrected chi connectivity index (χ3v) is 3.44. The van der Waals surface area contributed by atoms with E-state index in [2.05, 4.69) is 13.8 Å². The number of hydrogen-bond acceptors (Lipinski definition) is 1. The van der Waals surface area contributed by atoms with E-state index in [0.717, 1.165) is 6.42 Å². The van der Waals surface area contributed by atoms with Crippen molar-refractivity contribution in [2.75, 3.05) is 0 Å². The van der Waals surface area contributed by atoms with Crippen LogP contribution < -0.4 is 0 Å². The standard InChI is InChI=1S/C13H17FO/c1-13(2)8-10(13)12(15)7-9-5-3-4-6-11(9)14/h3-6,10,12,15H,7-8H2,1-2H3. The Labute approximate surface area is 89.9 Å². The second kappa shape index (κ2) is 3.60. The summed E-state index contributed by atoms with van der Waals surface area (Å²) in [6, 6.07) is 6.67. The van der Waals surface area contributed by atoms with Crippen molar-refractivity contribution < 1.29 is 9.50 Å². The second-order valence-corrected chi connectivity index (χ2v) is 5.16. The van der Waals surface area contributed by atoms with Crippen molar-refractivity contribution in [1.82, 2.24) is 0 Å². The fraction of sp³-hybridized carbons (Fsp3) is 0.538. The van der Waals surface area contributed by atoms with Gasteiger partial charge in [-0.3, -0.25) is 0 Å². The van der Waals surface area contributed by atoms with Gasteiger partial charge >= 0.3 is 0 Å². The van der Waals surface area contributed by atoms with Crippen molar-refractivity contribution in [3.05, 3.63) is 35.6 Å². The summed E-state index contributed by atoms with van der Waals surface area (Å²) in [5.41, 5.74) is 0.859. The fourth-order valence-corrected chi connectivity index (χ4v) is 2.20. The Morgan fingerprint density at radius 2 is 2.07 bits per heavy atom. The maximum absolute atomic E-state index is 13.3. The highest BCUT2D eigenvalue weighted by molar-refractivity contribution is 5.19. The molecule has 0 heterocycles. The lowest BCUT2D eigenvalue weighted by Gasteiger charge is -2.12. The smallest absolute Gasteiger partial charge is 0.126 e. The normalized spacial score (nSPS) is 24.9. The zero-order chi connectivity index (χ0) is 11.1. The van der Waals surface area contributed by atoms with Crippen LogP contribution in [-0.4, -0.2) is 11.2 Å². The first-order valence-corrected chi connectivity index (χ1v) is 5.42. The number of halogens is 1. The maximum atomic E-state index is 13.3. The Hall–Kier alpha value is -0.890. The summed E-state index contributed by atoms with van der Waals surface area (Å²) in [6.07, 6.45) is 1.07. The maximum Gasteiger partial charge on any atom is 0.126 e. The Bertz CT molecular complexity index is 359. The molecular weight excluding hydrogens is 191 g/mol. The highest BCUT2D eigenvalue weighted by atomic mass is 19.1. The molecule has 0 saturated heterocycles. The van der Waals surface area contributed by atoms with Crippen LogP contribution in [0.5, 0.6) is 0 Å². The van der Waals surface area contributed by atoms with Crippen LogP contribution in [0, 0.1) is 17.2 Å². The molecule has 0 aromatic heterocycles. The van der Waals surface area contributed by atoms with Gasteiger partial charge in [0.25, 0.3) is 0 Å². The number of benzene rings is 1. The first-order valence-electron chi connectivity index (χ1n) is 5.42. The summed E-state index contributed by atoms with van der Waals surface area (Å²) in [5.74, 6) is 0.118. The second-order valence-electron chi connectivity index (χ2n) is 5.16. The summed E-state index contributed by atoms with van der Waals surface area (Å²) >= 11 is 0. The SMILES string of the molecule is CC1(C)CC1C(O)Cc1ccccc1F. The molecule has 0 radical (unpaired) electrons. The summed E-state index contributed by atoms with van der Waals surface area (Å²) in [7, 11) is 0. The Balaban J connectivity index is 2.01. The van der Waals surface area contributed by atoms with Crippen molar-refractivity contribution in [1.29, 1.82) is 0 Å². The van der Waals surface area contributed by atoms with Crippen LogP contribution in [0.25, 0.3) is 0 Å². The van der Waals surface area contributed by atoms with Gasteiger partial charge in [0, 0.05) is 6.42 Å². The van der Waals surface area contributed by atoms with Crippen molar-refractivity contribution in [3.8, 4) is 0 Å². The van der Waals surface area contributed by atoms with E-state index in [-0.39, 0.29) is 11.2 Å². The van der Waals surface area contributed by atoms with Crippen molar-refractivity contribution in [2.24, 2.45) is 11.3 Å².